The maximum atomic E-state index is 13.7. The average molecular weight is 335 g/mol. The Kier molecular flexibility index (Phi) is 6.73. The third kappa shape index (κ3) is 5.30. The first kappa shape index (κ1) is 18.4. The van der Waals surface area contributed by atoms with Gasteiger partial charge in [0.2, 0.25) is 5.91 Å². The van der Waals surface area contributed by atoms with Gasteiger partial charge in [0.15, 0.2) is 0 Å². The van der Waals surface area contributed by atoms with Gasteiger partial charge in [0.05, 0.1) is 6.04 Å². The van der Waals surface area contributed by atoms with Gasteiger partial charge < -0.3 is 5.32 Å². The Morgan fingerprint density at radius 3 is 2.58 bits per heavy atom. The van der Waals surface area contributed by atoms with E-state index in [0.29, 0.717) is 12.1 Å². The molecule has 1 fully saturated rings. The van der Waals surface area contributed by atoms with Crippen molar-refractivity contribution in [2.45, 2.75) is 57.7 Å². The molecule has 1 aliphatic carbocycles. The normalized spacial score (nSPS) is 16.7. The smallest absolute Gasteiger partial charge is 0.321 e. The fraction of sp³-hybridized carbons (Fsp3) is 0.556. The first-order chi connectivity index (χ1) is 11.5. The molecule has 0 spiro atoms. The minimum atomic E-state index is -0.540. The summed E-state index contributed by atoms with van der Waals surface area (Å²) >= 11 is 0. The van der Waals surface area contributed by atoms with Crippen molar-refractivity contribution in [2.75, 3.05) is 7.05 Å². The quantitative estimate of drug-likeness (QED) is 0.870. The summed E-state index contributed by atoms with van der Waals surface area (Å²) in [6.07, 6.45) is 5.35. The zero-order valence-electron chi connectivity index (χ0n) is 14.3. The van der Waals surface area contributed by atoms with Crippen LogP contribution in [0.5, 0.6) is 0 Å². The van der Waals surface area contributed by atoms with Gasteiger partial charge in [0, 0.05) is 18.2 Å². The summed E-state index contributed by atoms with van der Waals surface area (Å²) in [5.41, 5.74) is 0.520. The molecule has 2 N–H and O–H groups in total. The standard InChI is InChI=1S/C18H26FN3O2/c1-13(22(2)12-14-8-6-7-11-16(14)19)17(23)21-18(24)20-15-9-4-3-5-10-15/h6-8,11,13,15H,3-5,9-10,12H2,1-2H3,(H2,20,21,23,24)/t13-/m1/s1. The number of carbonyl (C=O) groups is 2. The van der Waals surface area contributed by atoms with E-state index < -0.39 is 12.1 Å². The second-order valence-corrected chi connectivity index (χ2v) is 6.48. The van der Waals surface area contributed by atoms with Gasteiger partial charge in [-0.1, -0.05) is 37.5 Å². The number of likely N-dealkylation sites (N-methyl/N-ethyl adjacent to an activating group) is 1. The lowest BCUT2D eigenvalue weighted by atomic mass is 9.96. The van der Waals surface area contributed by atoms with E-state index in [1.165, 1.54) is 12.5 Å². The summed E-state index contributed by atoms with van der Waals surface area (Å²) < 4.78 is 13.7. The number of halogens is 1. The van der Waals surface area contributed by atoms with E-state index in [9.17, 15) is 14.0 Å². The van der Waals surface area contributed by atoms with Gasteiger partial charge in [-0.25, -0.2) is 9.18 Å². The van der Waals surface area contributed by atoms with Crippen molar-refractivity contribution in [1.29, 1.82) is 0 Å². The number of benzene rings is 1. The number of hydrogen-bond donors (Lipinski definition) is 2. The first-order valence-electron chi connectivity index (χ1n) is 8.52. The van der Waals surface area contributed by atoms with Crippen LogP contribution >= 0.6 is 0 Å². The summed E-state index contributed by atoms with van der Waals surface area (Å²) in [6.45, 7) is 2.00. The highest BCUT2D eigenvalue weighted by atomic mass is 19.1. The molecule has 0 aliphatic heterocycles. The molecule has 1 aromatic rings. The number of imide groups is 1. The van der Waals surface area contributed by atoms with Gasteiger partial charge in [-0.2, -0.15) is 0 Å². The zero-order valence-corrected chi connectivity index (χ0v) is 14.3. The van der Waals surface area contributed by atoms with Crippen molar-refractivity contribution in [3.8, 4) is 0 Å². The van der Waals surface area contributed by atoms with Crippen LogP contribution < -0.4 is 10.6 Å². The highest BCUT2D eigenvalue weighted by Crippen LogP contribution is 2.17. The number of carbonyl (C=O) groups excluding carboxylic acids is 2. The van der Waals surface area contributed by atoms with Crippen LogP contribution in [0.3, 0.4) is 0 Å². The lowest BCUT2D eigenvalue weighted by Crippen LogP contribution is -2.50. The lowest BCUT2D eigenvalue weighted by molar-refractivity contribution is -0.124. The van der Waals surface area contributed by atoms with E-state index in [0.717, 1.165) is 25.7 Å². The third-order valence-corrected chi connectivity index (χ3v) is 4.60. The van der Waals surface area contributed by atoms with E-state index >= 15 is 0 Å². The van der Waals surface area contributed by atoms with Crippen LogP contribution in [0.25, 0.3) is 0 Å². The van der Waals surface area contributed by atoms with Crippen molar-refractivity contribution < 1.29 is 14.0 Å². The van der Waals surface area contributed by atoms with Crippen LogP contribution in [0.15, 0.2) is 24.3 Å². The molecule has 1 atom stereocenters. The minimum absolute atomic E-state index is 0.151. The number of nitrogens with zero attached hydrogens (tertiary/aromatic N) is 1. The van der Waals surface area contributed by atoms with Crippen molar-refractivity contribution in [1.82, 2.24) is 15.5 Å². The van der Waals surface area contributed by atoms with E-state index in [2.05, 4.69) is 10.6 Å². The topological polar surface area (TPSA) is 61.4 Å². The van der Waals surface area contributed by atoms with Crippen molar-refractivity contribution in [3.63, 3.8) is 0 Å². The molecule has 0 bridgehead atoms. The first-order valence-corrected chi connectivity index (χ1v) is 8.52. The SMILES string of the molecule is C[C@H](C(=O)NC(=O)NC1CCCCC1)N(C)Cc1ccccc1F. The monoisotopic (exact) mass is 335 g/mol. The number of nitrogens with one attached hydrogen (secondary N) is 2. The van der Waals surface area contributed by atoms with Gasteiger partial charge in [-0.3, -0.25) is 15.0 Å². The maximum Gasteiger partial charge on any atom is 0.321 e. The van der Waals surface area contributed by atoms with E-state index in [-0.39, 0.29) is 17.8 Å². The Bertz CT molecular complexity index is 573. The second-order valence-electron chi connectivity index (χ2n) is 6.48. The molecule has 0 unspecified atom stereocenters. The predicted octanol–water partition coefficient (Wildman–Crippen LogP) is 2.80. The van der Waals surface area contributed by atoms with Crippen LogP contribution in [0.1, 0.15) is 44.6 Å². The largest absolute Gasteiger partial charge is 0.335 e. The Morgan fingerprint density at radius 2 is 1.92 bits per heavy atom. The van der Waals surface area contributed by atoms with E-state index in [4.69, 9.17) is 0 Å². The Hall–Kier alpha value is -1.95. The number of hydrogen-bond acceptors (Lipinski definition) is 3. The highest BCUT2D eigenvalue weighted by molar-refractivity contribution is 5.96. The maximum absolute atomic E-state index is 13.7. The molecular formula is C18H26FN3O2. The van der Waals surface area contributed by atoms with E-state index in [1.54, 1.807) is 37.1 Å². The molecule has 1 aromatic carbocycles. The molecule has 2 rings (SSSR count). The summed E-state index contributed by atoms with van der Waals surface area (Å²) in [6, 6.07) is 5.63. The van der Waals surface area contributed by atoms with Crippen LogP contribution in [0.4, 0.5) is 9.18 Å². The van der Waals surface area contributed by atoms with Crippen LogP contribution in [0.2, 0.25) is 0 Å². The van der Waals surface area contributed by atoms with Gasteiger partial charge in [0.25, 0.3) is 0 Å². The van der Waals surface area contributed by atoms with Gasteiger partial charge >= 0.3 is 6.03 Å². The molecular weight excluding hydrogens is 309 g/mol. The summed E-state index contributed by atoms with van der Waals surface area (Å²) in [7, 11) is 1.73. The zero-order chi connectivity index (χ0) is 17.5. The summed E-state index contributed by atoms with van der Waals surface area (Å²) in [5, 5.41) is 5.24. The molecule has 1 saturated carbocycles. The highest BCUT2D eigenvalue weighted by Gasteiger charge is 2.22. The van der Waals surface area contributed by atoms with Crippen LogP contribution in [-0.2, 0) is 11.3 Å². The fourth-order valence-corrected chi connectivity index (χ4v) is 2.92. The average Bonchev–Trinajstić information content (AvgIpc) is 2.57. The predicted molar refractivity (Wildman–Crippen MR) is 90.9 cm³/mol. The van der Waals surface area contributed by atoms with Gasteiger partial charge in [0.1, 0.15) is 5.82 Å². The number of rotatable bonds is 5. The van der Waals surface area contributed by atoms with Crippen molar-refractivity contribution in [2.24, 2.45) is 0 Å². The van der Waals surface area contributed by atoms with Crippen molar-refractivity contribution >= 4 is 11.9 Å². The van der Waals surface area contributed by atoms with E-state index in [1.807, 2.05) is 0 Å². The lowest BCUT2D eigenvalue weighted by Gasteiger charge is -2.25. The molecule has 3 amide bonds. The molecule has 5 nitrogen and oxygen atoms in total. The molecule has 0 aromatic heterocycles. The van der Waals surface area contributed by atoms with Crippen molar-refractivity contribution in [3.05, 3.63) is 35.6 Å². The summed E-state index contributed by atoms with van der Waals surface area (Å²) in [4.78, 5) is 25.9. The molecule has 0 saturated heterocycles. The minimum Gasteiger partial charge on any atom is -0.335 e. The van der Waals surface area contributed by atoms with Crippen LogP contribution in [-0.4, -0.2) is 36.0 Å². The van der Waals surface area contributed by atoms with Crippen LogP contribution in [0, 0.1) is 5.82 Å². The van der Waals surface area contributed by atoms with Gasteiger partial charge in [-0.05, 0) is 32.9 Å². The Morgan fingerprint density at radius 1 is 1.25 bits per heavy atom. The Balaban J connectivity index is 1.82. The molecule has 24 heavy (non-hydrogen) atoms. The van der Waals surface area contributed by atoms with Gasteiger partial charge in [-0.15, -0.1) is 0 Å². The third-order valence-electron chi connectivity index (χ3n) is 4.60. The molecule has 0 heterocycles. The molecule has 6 heteroatoms. The summed E-state index contributed by atoms with van der Waals surface area (Å²) in [5.74, 6) is -0.686. The molecule has 0 radical (unpaired) electrons. The molecule has 132 valence electrons. The Labute approximate surface area is 142 Å². The fourth-order valence-electron chi connectivity index (χ4n) is 2.92. The number of amides is 3. The molecule has 1 aliphatic rings. The second kappa shape index (κ2) is 8.78. The number of urea groups is 1.